The molecule has 2 aromatic heterocycles. The first-order valence-electron chi connectivity index (χ1n) is 11.0. The lowest BCUT2D eigenvalue weighted by molar-refractivity contribution is 0.0691. The Morgan fingerprint density at radius 3 is 2.56 bits per heavy atom. The number of nitrogens with one attached hydrogen (secondary N) is 1. The number of carboxylic acids is 1. The maximum Gasteiger partial charge on any atom is 0.345 e. The van der Waals surface area contributed by atoms with Gasteiger partial charge in [0, 0.05) is 24.3 Å². The number of pyridine rings is 1. The van der Waals surface area contributed by atoms with E-state index in [1.807, 2.05) is 45.3 Å². The number of imidazole rings is 1. The third-order valence-electron chi connectivity index (χ3n) is 5.84. The molecule has 0 atom stereocenters. The molecule has 3 N–H and O–H groups in total. The first-order valence-corrected chi connectivity index (χ1v) is 11.0. The van der Waals surface area contributed by atoms with Crippen LogP contribution in [0, 0.1) is 0 Å². The second-order valence-corrected chi connectivity index (χ2v) is 8.43. The molecule has 0 fully saturated rings. The van der Waals surface area contributed by atoms with E-state index < -0.39 is 22.8 Å². The van der Waals surface area contributed by atoms with Crippen molar-refractivity contribution >= 4 is 18.4 Å². The summed E-state index contributed by atoms with van der Waals surface area (Å²) in [7, 11) is 4.04. The topological polar surface area (TPSA) is 121 Å². The molecule has 0 bridgehead atoms. The molecule has 0 saturated carbocycles. The predicted molar refractivity (Wildman–Crippen MR) is 130 cm³/mol. The highest BCUT2D eigenvalue weighted by Crippen LogP contribution is 2.36. The van der Waals surface area contributed by atoms with Crippen molar-refractivity contribution in [3.8, 4) is 22.9 Å². The highest BCUT2D eigenvalue weighted by Gasteiger charge is 2.29. The molecule has 1 aliphatic rings. The highest BCUT2D eigenvalue weighted by molar-refractivity contribution is 5.92. The van der Waals surface area contributed by atoms with Gasteiger partial charge in [0.25, 0.3) is 5.56 Å². The Labute approximate surface area is 203 Å². The summed E-state index contributed by atoms with van der Waals surface area (Å²) in [6, 6.07) is 7.92. The monoisotopic (exact) mass is 488 g/mol. The van der Waals surface area contributed by atoms with Crippen molar-refractivity contribution in [3.63, 3.8) is 0 Å². The maximum atomic E-state index is 12.4. The molecule has 0 unspecified atom stereocenters. The molecule has 2 heterocycles. The fourth-order valence-electron chi connectivity index (χ4n) is 4.38. The molecule has 0 radical (unpaired) electrons. The lowest BCUT2D eigenvalue weighted by Crippen LogP contribution is -2.20. The normalized spacial score (nSPS) is 12.5. The minimum Gasteiger partial charge on any atom is -0.506 e. The van der Waals surface area contributed by atoms with Gasteiger partial charge in [-0.25, -0.2) is 9.78 Å². The summed E-state index contributed by atoms with van der Waals surface area (Å²) in [6.45, 7) is 3.77. The summed E-state index contributed by atoms with van der Waals surface area (Å²) in [5.41, 5.74) is 2.02. The summed E-state index contributed by atoms with van der Waals surface area (Å²) in [4.78, 5) is 33.3. The van der Waals surface area contributed by atoms with Gasteiger partial charge in [0.1, 0.15) is 29.6 Å². The number of halogens is 1. The lowest BCUT2D eigenvalue weighted by atomic mass is 10.0. The van der Waals surface area contributed by atoms with Gasteiger partial charge in [-0.2, -0.15) is 0 Å². The molecule has 9 nitrogen and oxygen atoms in total. The number of aromatic nitrogens is 3. The van der Waals surface area contributed by atoms with Crippen LogP contribution in [0.1, 0.15) is 46.3 Å². The second kappa shape index (κ2) is 10.3. The van der Waals surface area contributed by atoms with Gasteiger partial charge in [-0.1, -0.05) is 12.1 Å². The van der Waals surface area contributed by atoms with Crippen LogP contribution in [0.5, 0.6) is 11.5 Å². The quantitative estimate of drug-likeness (QED) is 0.467. The van der Waals surface area contributed by atoms with Crippen LogP contribution in [0.15, 0.2) is 29.1 Å². The van der Waals surface area contributed by atoms with Gasteiger partial charge >= 0.3 is 5.97 Å². The van der Waals surface area contributed by atoms with Crippen molar-refractivity contribution in [1.29, 1.82) is 0 Å². The smallest absolute Gasteiger partial charge is 0.345 e. The van der Waals surface area contributed by atoms with E-state index >= 15 is 0 Å². The number of aromatic hydroxyl groups is 1. The van der Waals surface area contributed by atoms with E-state index in [2.05, 4.69) is 14.5 Å². The average molecular weight is 489 g/mol. The summed E-state index contributed by atoms with van der Waals surface area (Å²) in [5, 5.41) is 19.9. The van der Waals surface area contributed by atoms with Crippen LogP contribution >= 0.6 is 12.4 Å². The largest absolute Gasteiger partial charge is 0.506 e. The van der Waals surface area contributed by atoms with Gasteiger partial charge < -0.3 is 29.4 Å². The van der Waals surface area contributed by atoms with E-state index in [4.69, 9.17) is 9.72 Å². The van der Waals surface area contributed by atoms with Crippen LogP contribution in [0.25, 0.3) is 11.4 Å². The van der Waals surface area contributed by atoms with Gasteiger partial charge in [0.05, 0.1) is 5.69 Å². The van der Waals surface area contributed by atoms with Crippen LogP contribution in [0.3, 0.4) is 0 Å². The number of rotatable bonds is 7. The third kappa shape index (κ3) is 4.80. The first-order chi connectivity index (χ1) is 15.8. The van der Waals surface area contributed by atoms with Crippen molar-refractivity contribution < 1.29 is 19.7 Å². The summed E-state index contributed by atoms with van der Waals surface area (Å²) < 4.78 is 8.05. The number of fused-ring (bicyclic) bond motifs is 3. The van der Waals surface area contributed by atoms with Crippen molar-refractivity contribution in [2.24, 2.45) is 0 Å². The van der Waals surface area contributed by atoms with Gasteiger partial charge in [-0.05, 0) is 58.0 Å². The highest BCUT2D eigenvalue weighted by atomic mass is 35.5. The molecule has 0 aliphatic heterocycles. The van der Waals surface area contributed by atoms with Crippen molar-refractivity contribution in [1.82, 2.24) is 19.4 Å². The van der Waals surface area contributed by atoms with Crippen LogP contribution in [-0.2, 0) is 32.5 Å². The summed E-state index contributed by atoms with van der Waals surface area (Å²) in [6.07, 6.45) is 1.83. The van der Waals surface area contributed by atoms with E-state index in [-0.39, 0.29) is 19.0 Å². The molecule has 0 spiro atoms. The molecular formula is C24H29ClN4O5. The number of aromatic amines is 1. The Balaban J connectivity index is 0.00000324. The number of carboxylic acid groups (broad SMARTS) is 1. The minimum atomic E-state index is -1.45. The number of aromatic carboxylic acids is 1. The van der Waals surface area contributed by atoms with Gasteiger partial charge in [0.15, 0.2) is 5.56 Å². The number of carbonyl (C=O) groups is 1. The molecule has 10 heteroatoms. The molecule has 34 heavy (non-hydrogen) atoms. The first kappa shape index (κ1) is 25.3. The van der Waals surface area contributed by atoms with Crippen LogP contribution in [0.4, 0.5) is 0 Å². The SMILES string of the molecule is CCn1c(COc2ccc(CN(C)C)cc2)nc2c1CCCc1c-2[nH]c(=O)c(C(=O)O)c1O.Cl. The fraction of sp³-hybridized carbons (Fsp3) is 0.375. The van der Waals surface area contributed by atoms with E-state index in [9.17, 15) is 19.8 Å². The Kier molecular flexibility index (Phi) is 7.68. The molecule has 182 valence electrons. The Morgan fingerprint density at radius 1 is 1.24 bits per heavy atom. The zero-order valence-electron chi connectivity index (χ0n) is 19.4. The van der Waals surface area contributed by atoms with Gasteiger partial charge in [-0.3, -0.25) is 4.79 Å². The van der Waals surface area contributed by atoms with Crippen molar-refractivity contribution in [2.75, 3.05) is 14.1 Å². The Bertz CT molecular complexity index is 1250. The standard InChI is InChI=1S/C24H28N4O5.ClH/c1-4-28-17-7-5-6-16-20(26-23(30)19(22(16)29)24(31)32)21(17)25-18(28)13-33-15-10-8-14(9-11-15)12-27(2)3;/h8-11H,4-7,12-13H2,1-3H3,(H,31,32)(H2,26,29,30);1H. The average Bonchev–Trinajstić information content (AvgIpc) is 3.01. The van der Waals surface area contributed by atoms with Crippen LogP contribution < -0.4 is 10.3 Å². The molecule has 0 saturated heterocycles. The number of nitrogens with zero attached hydrogens (tertiary/aromatic N) is 3. The lowest BCUT2D eigenvalue weighted by Gasteiger charge is -2.12. The van der Waals surface area contributed by atoms with E-state index in [0.717, 1.165) is 18.0 Å². The van der Waals surface area contributed by atoms with Crippen LogP contribution in [0.2, 0.25) is 0 Å². The van der Waals surface area contributed by atoms with E-state index in [0.29, 0.717) is 48.6 Å². The number of hydrogen-bond donors (Lipinski definition) is 3. The van der Waals surface area contributed by atoms with Crippen LogP contribution in [-0.4, -0.2) is 49.7 Å². The maximum absolute atomic E-state index is 12.4. The van der Waals surface area contributed by atoms with E-state index in [1.54, 1.807) is 0 Å². The van der Waals surface area contributed by atoms with E-state index in [1.165, 1.54) is 5.56 Å². The molecule has 0 amide bonds. The molecule has 4 rings (SSSR count). The van der Waals surface area contributed by atoms with Crippen molar-refractivity contribution in [2.45, 2.75) is 45.9 Å². The molecular weight excluding hydrogens is 460 g/mol. The molecule has 1 aromatic carbocycles. The number of ether oxygens (including phenoxy) is 1. The Hall–Kier alpha value is -3.30. The zero-order chi connectivity index (χ0) is 23.7. The minimum absolute atomic E-state index is 0. The molecule has 3 aromatic rings. The number of hydrogen-bond acceptors (Lipinski definition) is 6. The predicted octanol–water partition coefficient (Wildman–Crippen LogP) is 3.21. The third-order valence-corrected chi connectivity index (χ3v) is 5.84. The Morgan fingerprint density at radius 2 is 1.94 bits per heavy atom. The molecule has 1 aliphatic carbocycles. The zero-order valence-corrected chi connectivity index (χ0v) is 20.2. The second-order valence-electron chi connectivity index (χ2n) is 8.43. The number of H-pyrrole nitrogens is 1. The fourth-order valence-corrected chi connectivity index (χ4v) is 4.38. The summed E-state index contributed by atoms with van der Waals surface area (Å²) >= 11 is 0. The van der Waals surface area contributed by atoms with Gasteiger partial charge in [0.2, 0.25) is 0 Å². The summed E-state index contributed by atoms with van der Waals surface area (Å²) in [5.74, 6) is -0.493. The van der Waals surface area contributed by atoms with Crippen molar-refractivity contribution in [3.05, 3.63) is 62.8 Å². The number of benzene rings is 1. The van der Waals surface area contributed by atoms with Gasteiger partial charge in [-0.15, -0.1) is 12.4 Å².